The van der Waals surface area contributed by atoms with Crippen LogP contribution in [0.25, 0.3) is 5.65 Å². The number of nitrogen functional groups attached to an aromatic ring is 1. The number of thiophene rings is 1. The normalized spacial score (nSPS) is 13.0. The van der Waals surface area contributed by atoms with Crippen molar-refractivity contribution in [1.29, 1.82) is 0 Å². The van der Waals surface area contributed by atoms with Gasteiger partial charge in [0, 0.05) is 17.7 Å². The molecule has 18 heavy (non-hydrogen) atoms. The average molecular weight is 258 g/mol. The summed E-state index contributed by atoms with van der Waals surface area (Å²) in [5.74, 6) is 0.910. The second-order valence-electron chi connectivity index (χ2n) is 4.38. The van der Waals surface area contributed by atoms with E-state index in [1.165, 1.54) is 5.56 Å². The summed E-state index contributed by atoms with van der Waals surface area (Å²) in [7, 11) is 0. The Morgan fingerprint density at radius 3 is 2.94 bits per heavy atom. The Hall–Kier alpha value is -1.88. The van der Waals surface area contributed by atoms with Crippen molar-refractivity contribution in [1.82, 2.24) is 14.6 Å². The third kappa shape index (κ3) is 1.59. The molecule has 5 heteroatoms. The van der Waals surface area contributed by atoms with Crippen LogP contribution in [-0.2, 0) is 0 Å². The summed E-state index contributed by atoms with van der Waals surface area (Å²) in [5, 5.41) is 8.52. The zero-order valence-corrected chi connectivity index (χ0v) is 11.1. The van der Waals surface area contributed by atoms with Crippen LogP contribution in [0.2, 0.25) is 0 Å². The molecule has 2 N–H and O–H groups in total. The van der Waals surface area contributed by atoms with Gasteiger partial charge in [0.2, 0.25) is 0 Å². The highest BCUT2D eigenvalue weighted by Gasteiger charge is 2.16. The molecule has 1 unspecified atom stereocenters. The van der Waals surface area contributed by atoms with Gasteiger partial charge in [0.1, 0.15) is 5.82 Å². The van der Waals surface area contributed by atoms with Crippen LogP contribution in [0.5, 0.6) is 0 Å². The number of nitrogens with two attached hydrogens (primary N) is 1. The summed E-state index contributed by atoms with van der Waals surface area (Å²) in [6.07, 6.45) is 1.78. The maximum Gasteiger partial charge on any atom is 0.160 e. The summed E-state index contributed by atoms with van der Waals surface area (Å²) >= 11 is 1.71. The lowest BCUT2D eigenvalue weighted by atomic mass is 9.97. The van der Waals surface area contributed by atoms with Gasteiger partial charge in [0.25, 0.3) is 0 Å². The summed E-state index contributed by atoms with van der Waals surface area (Å²) in [6, 6.07) is 4.16. The van der Waals surface area contributed by atoms with Crippen LogP contribution in [-0.4, -0.2) is 14.6 Å². The number of hydrogen-bond donors (Lipinski definition) is 1. The largest absolute Gasteiger partial charge is 0.382 e. The van der Waals surface area contributed by atoms with Crippen LogP contribution in [0.4, 0.5) is 5.82 Å². The molecule has 0 radical (unpaired) electrons. The van der Waals surface area contributed by atoms with Crippen molar-refractivity contribution in [2.75, 3.05) is 5.73 Å². The highest BCUT2D eigenvalue weighted by atomic mass is 32.1. The van der Waals surface area contributed by atoms with Gasteiger partial charge in [-0.3, -0.25) is 0 Å². The van der Waals surface area contributed by atoms with Crippen LogP contribution in [0.15, 0.2) is 29.1 Å². The van der Waals surface area contributed by atoms with Crippen LogP contribution in [0.3, 0.4) is 0 Å². The molecule has 1 atom stereocenters. The first-order chi connectivity index (χ1) is 8.68. The molecule has 4 nitrogen and oxygen atoms in total. The van der Waals surface area contributed by atoms with Crippen molar-refractivity contribution in [3.63, 3.8) is 0 Å². The molecule has 0 aromatic carbocycles. The predicted octanol–water partition coefficient (Wildman–Crippen LogP) is 2.83. The average Bonchev–Trinajstić information content (AvgIpc) is 2.99. The van der Waals surface area contributed by atoms with Gasteiger partial charge < -0.3 is 5.73 Å². The molecule has 0 spiro atoms. The molecule has 0 aliphatic rings. The quantitative estimate of drug-likeness (QED) is 0.769. The van der Waals surface area contributed by atoms with Gasteiger partial charge in [0.15, 0.2) is 5.65 Å². The van der Waals surface area contributed by atoms with Crippen molar-refractivity contribution in [2.45, 2.75) is 19.8 Å². The molecule has 0 fully saturated rings. The number of nitrogens with zero attached hydrogens (tertiary/aromatic N) is 3. The lowest BCUT2D eigenvalue weighted by molar-refractivity contribution is 0.875. The summed E-state index contributed by atoms with van der Waals surface area (Å²) in [4.78, 5) is 4.52. The van der Waals surface area contributed by atoms with Crippen molar-refractivity contribution in [3.8, 4) is 0 Å². The second kappa shape index (κ2) is 4.10. The molecular formula is C13H14N4S. The van der Waals surface area contributed by atoms with Crippen molar-refractivity contribution >= 4 is 22.8 Å². The van der Waals surface area contributed by atoms with E-state index in [1.54, 1.807) is 22.0 Å². The van der Waals surface area contributed by atoms with Crippen LogP contribution in [0.1, 0.15) is 29.7 Å². The van der Waals surface area contributed by atoms with E-state index < -0.39 is 0 Å². The molecule has 3 heterocycles. The lowest BCUT2D eigenvalue weighted by Gasteiger charge is -2.10. The van der Waals surface area contributed by atoms with Crippen molar-refractivity contribution in [3.05, 3.63) is 45.9 Å². The highest BCUT2D eigenvalue weighted by molar-refractivity contribution is 7.08. The molecule has 0 aliphatic carbocycles. The fraction of sp³-hybridized carbons (Fsp3) is 0.231. The van der Waals surface area contributed by atoms with Gasteiger partial charge in [-0.15, -0.1) is 0 Å². The number of fused-ring (bicyclic) bond motifs is 1. The van der Waals surface area contributed by atoms with E-state index in [0.29, 0.717) is 11.7 Å². The van der Waals surface area contributed by atoms with Crippen molar-refractivity contribution in [2.24, 2.45) is 0 Å². The van der Waals surface area contributed by atoms with Gasteiger partial charge in [-0.05, 0) is 35.4 Å². The van der Waals surface area contributed by atoms with Crippen molar-refractivity contribution < 1.29 is 0 Å². The minimum atomic E-state index is 0.294. The van der Waals surface area contributed by atoms with E-state index in [4.69, 9.17) is 5.73 Å². The Morgan fingerprint density at radius 2 is 2.22 bits per heavy atom. The maximum atomic E-state index is 5.97. The molecule has 0 amide bonds. The molecule has 0 aliphatic heterocycles. The Bertz CT molecular complexity index is 684. The van der Waals surface area contributed by atoms with E-state index in [-0.39, 0.29) is 0 Å². The van der Waals surface area contributed by atoms with Gasteiger partial charge in [0.05, 0.1) is 5.69 Å². The molecular weight excluding hydrogens is 244 g/mol. The Morgan fingerprint density at radius 1 is 1.39 bits per heavy atom. The molecule has 0 saturated carbocycles. The summed E-state index contributed by atoms with van der Waals surface area (Å²) in [5.41, 5.74) is 10.1. The fourth-order valence-electron chi connectivity index (χ4n) is 2.13. The van der Waals surface area contributed by atoms with E-state index in [9.17, 15) is 0 Å². The molecule has 3 aromatic rings. The summed E-state index contributed by atoms with van der Waals surface area (Å²) in [6.45, 7) is 4.08. The predicted molar refractivity (Wildman–Crippen MR) is 74.0 cm³/mol. The topological polar surface area (TPSA) is 56.2 Å². The highest BCUT2D eigenvalue weighted by Crippen LogP contribution is 2.29. The van der Waals surface area contributed by atoms with Gasteiger partial charge >= 0.3 is 0 Å². The molecule has 92 valence electrons. The Kier molecular flexibility index (Phi) is 2.56. The number of hydrogen-bond acceptors (Lipinski definition) is 4. The number of rotatable bonds is 2. The van der Waals surface area contributed by atoms with Crippen LogP contribution in [0, 0.1) is 6.92 Å². The number of anilines is 1. The number of imidazole rings is 1. The Labute approximate surface area is 109 Å². The molecule has 3 aromatic heterocycles. The SMILES string of the molecule is Cc1nc2c(C(C)c3ccsc3)ccnn2c1N. The lowest BCUT2D eigenvalue weighted by Crippen LogP contribution is -2.03. The maximum absolute atomic E-state index is 5.97. The van der Waals surface area contributed by atoms with Crippen LogP contribution >= 0.6 is 11.3 Å². The summed E-state index contributed by atoms with van der Waals surface area (Å²) < 4.78 is 1.72. The zero-order chi connectivity index (χ0) is 12.7. The Balaban J connectivity index is 2.21. The smallest absolute Gasteiger partial charge is 0.160 e. The van der Waals surface area contributed by atoms with E-state index >= 15 is 0 Å². The van der Waals surface area contributed by atoms with E-state index in [0.717, 1.165) is 16.9 Å². The zero-order valence-electron chi connectivity index (χ0n) is 10.3. The van der Waals surface area contributed by atoms with E-state index in [2.05, 4.69) is 33.8 Å². The first-order valence-electron chi connectivity index (χ1n) is 5.80. The minimum Gasteiger partial charge on any atom is -0.382 e. The number of aromatic nitrogens is 3. The third-order valence-electron chi connectivity index (χ3n) is 3.28. The fourth-order valence-corrected chi connectivity index (χ4v) is 2.88. The first kappa shape index (κ1) is 11.2. The third-order valence-corrected chi connectivity index (χ3v) is 3.98. The van der Waals surface area contributed by atoms with E-state index in [1.807, 2.05) is 13.0 Å². The number of aryl methyl sites for hydroxylation is 1. The van der Waals surface area contributed by atoms with Gasteiger partial charge in [-0.1, -0.05) is 6.92 Å². The second-order valence-corrected chi connectivity index (χ2v) is 5.16. The minimum absolute atomic E-state index is 0.294. The monoisotopic (exact) mass is 258 g/mol. The molecule has 3 rings (SSSR count). The first-order valence-corrected chi connectivity index (χ1v) is 6.74. The van der Waals surface area contributed by atoms with Gasteiger partial charge in [-0.25, -0.2) is 4.98 Å². The van der Waals surface area contributed by atoms with Crippen LogP contribution < -0.4 is 5.73 Å². The molecule has 0 saturated heterocycles. The standard InChI is InChI=1S/C13H14N4S/c1-8(10-4-6-18-7-10)11-3-5-15-17-12(14)9(2)16-13(11)17/h3-8H,14H2,1-2H3. The molecule has 0 bridgehead atoms. The van der Waals surface area contributed by atoms with Gasteiger partial charge in [-0.2, -0.15) is 21.0 Å².